The Hall–Kier alpha value is -2.82. The maximum absolute atomic E-state index is 12.4. The summed E-state index contributed by atoms with van der Waals surface area (Å²) in [5.41, 5.74) is 2.18. The fourth-order valence-electron chi connectivity index (χ4n) is 4.19. The van der Waals surface area contributed by atoms with Crippen molar-refractivity contribution in [1.82, 2.24) is 14.5 Å². The number of benzene rings is 2. The van der Waals surface area contributed by atoms with Gasteiger partial charge in [0.2, 0.25) is 10.0 Å². The molecule has 1 unspecified atom stereocenters. The molecular formula is C21H26N4O5S. The largest absolute Gasteiger partial charge is 0.506 e. The van der Waals surface area contributed by atoms with Crippen molar-refractivity contribution in [3.05, 3.63) is 58.5 Å². The molecule has 0 radical (unpaired) electrons. The van der Waals surface area contributed by atoms with Crippen LogP contribution in [-0.2, 0) is 10.0 Å². The third-order valence-electron chi connectivity index (χ3n) is 5.68. The lowest BCUT2D eigenvalue weighted by atomic mass is 10.0. The molecule has 166 valence electrons. The van der Waals surface area contributed by atoms with Gasteiger partial charge in [-0.1, -0.05) is 18.2 Å². The van der Waals surface area contributed by atoms with E-state index in [0.717, 1.165) is 43.2 Å². The average molecular weight is 447 g/mol. The van der Waals surface area contributed by atoms with Gasteiger partial charge in [-0.2, -0.15) is 0 Å². The number of aliphatic hydroxyl groups excluding tert-OH is 1. The van der Waals surface area contributed by atoms with E-state index in [1.807, 2.05) is 28.8 Å². The molecule has 1 aliphatic heterocycles. The van der Waals surface area contributed by atoms with Crippen molar-refractivity contribution >= 4 is 26.7 Å². The minimum Gasteiger partial charge on any atom is -0.506 e. The number of aromatic hydroxyl groups is 1. The maximum atomic E-state index is 12.4. The number of aromatic amines is 1. The normalized spacial score (nSPS) is 17.1. The summed E-state index contributed by atoms with van der Waals surface area (Å²) >= 11 is 0. The lowest BCUT2D eigenvalue weighted by molar-refractivity contribution is 0.0907. The van der Waals surface area contributed by atoms with E-state index in [-0.39, 0.29) is 23.2 Å². The molecule has 9 nitrogen and oxygen atoms in total. The van der Waals surface area contributed by atoms with E-state index in [2.05, 4.69) is 14.6 Å². The van der Waals surface area contributed by atoms with Gasteiger partial charge in [0.25, 0.3) is 0 Å². The number of rotatable bonds is 6. The van der Waals surface area contributed by atoms with Crippen molar-refractivity contribution < 1.29 is 18.6 Å². The molecule has 1 aliphatic rings. The van der Waals surface area contributed by atoms with Gasteiger partial charge in [-0.15, -0.1) is 0 Å². The SMILES string of the molecule is CS(=O)(=O)Nc1cc(C(O)CN2CCC(n3c(=O)[nH]c4ccccc43)CC2)ccc1O. The molecule has 4 rings (SSSR count). The molecule has 10 heteroatoms. The van der Waals surface area contributed by atoms with Gasteiger partial charge in [0, 0.05) is 25.7 Å². The Morgan fingerprint density at radius 3 is 2.61 bits per heavy atom. The number of hydrogen-bond donors (Lipinski definition) is 4. The monoisotopic (exact) mass is 446 g/mol. The standard InChI is InChI=1S/C21H26N4O5S/c1-31(29,30)23-17-12-14(6-7-19(17)26)20(27)13-24-10-8-15(9-11-24)25-18-5-3-2-4-16(18)22-21(25)28/h2-7,12,15,20,23,26-27H,8-11,13H2,1H3,(H,22,28). The van der Waals surface area contributed by atoms with Crippen LogP contribution in [0.1, 0.15) is 30.6 Å². The molecule has 4 N–H and O–H groups in total. The summed E-state index contributed by atoms with van der Waals surface area (Å²) in [5, 5.41) is 20.5. The number of phenolic OH excluding ortho intramolecular Hbond substituents is 1. The number of para-hydroxylation sites is 2. The molecular weight excluding hydrogens is 420 g/mol. The molecule has 1 saturated heterocycles. The highest BCUT2D eigenvalue weighted by atomic mass is 32.2. The fourth-order valence-corrected chi connectivity index (χ4v) is 4.75. The van der Waals surface area contributed by atoms with E-state index in [1.54, 1.807) is 6.07 Å². The van der Waals surface area contributed by atoms with Crippen molar-refractivity contribution in [2.45, 2.75) is 25.0 Å². The first-order valence-electron chi connectivity index (χ1n) is 10.1. The summed E-state index contributed by atoms with van der Waals surface area (Å²) in [6, 6.07) is 12.1. The zero-order chi connectivity index (χ0) is 22.2. The number of aromatic nitrogens is 2. The van der Waals surface area contributed by atoms with Gasteiger partial charge < -0.3 is 20.1 Å². The van der Waals surface area contributed by atoms with Crippen LogP contribution < -0.4 is 10.4 Å². The molecule has 0 spiro atoms. The maximum Gasteiger partial charge on any atom is 0.326 e. The van der Waals surface area contributed by atoms with Gasteiger partial charge in [0.1, 0.15) is 5.75 Å². The quantitative estimate of drug-likeness (QED) is 0.428. The topological polar surface area (TPSA) is 128 Å². The van der Waals surface area contributed by atoms with E-state index < -0.39 is 16.1 Å². The Morgan fingerprint density at radius 1 is 1.19 bits per heavy atom. The zero-order valence-electron chi connectivity index (χ0n) is 17.2. The lowest BCUT2D eigenvalue weighted by Crippen LogP contribution is -2.39. The van der Waals surface area contributed by atoms with Crippen LogP contribution in [0.25, 0.3) is 11.0 Å². The van der Waals surface area contributed by atoms with E-state index in [0.29, 0.717) is 12.1 Å². The highest BCUT2D eigenvalue weighted by molar-refractivity contribution is 7.92. The third kappa shape index (κ3) is 4.76. The molecule has 1 aromatic heterocycles. The van der Waals surface area contributed by atoms with Crippen molar-refractivity contribution in [2.75, 3.05) is 30.6 Å². The Balaban J connectivity index is 1.41. The molecule has 1 fully saturated rings. The summed E-state index contributed by atoms with van der Waals surface area (Å²) in [6.07, 6.45) is 1.72. The number of H-pyrrole nitrogens is 1. The number of sulfonamides is 1. The number of anilines is 1. The second-order valence-electron chi connectivity index (χ2n) is 8.02. The highest BCUT2D eigenvalue weighted by Crippen LogP contribution is 2.30. The fraction of sp³-hybridized carbons (Fsp3) is 0.381. The van der Waals surface area contributed by atoms with Gasteiger partial charge in [-0.05, 0) is 42.7 Å². The Morgan fingerprint density at radius 2 is 1.90 bits per heavy atom. The summed E-state index contributed by atoms with van der Waals surface area (Å²) < 4.78 is 27.0. The van der Waals surface area contributed by atoms with Gasteiger partial charge in [0.05, 0.1) is 29.1 Å². The summed E-state index contributed by atoms with van der Waals surface area (Å²) in [5.74, 6) is -0.202. The van der Waals surface area contributed by atoms with E-state index in [9.17, 15) is 23.4 Å². The van der Waals surface area contributed by atoms with E-state index in [1.165, 1.54) is 12.1 Å². The van der Waals surface area contributed by atoms with Crippen LogP contribution in [0.4, 0.5) is 5.69 Å². The van der Waals surface area contributed by atoms with Crippen LogP contribution in [-0.4, -0.2) is 59.0 Å². The number of β-amino-alcohol motifs (C(OH)–C–C–N with tert-alkyl or cyclic N) is 1. The number of hydrogen-bond acceptors (Lipinski definition) is 6. The molecule has 2 aromatic carbocycles. The average Bonchev–Trinajstić information content (AvgIpc) is 3.05. The number of imidazole rings is 1. The van der Waals surface area contributed by atoms with Gasteiger partial charge in [0.15, 0.2) is 0 Å². The highest BCUT2D eigenvalue weighted by Gasteiger charge is 2.25. The zero-order valence-corrected chi connectivity index (χ0v) is 18.0. The Kier molecular flexibility index (Phi) is 5.78. The van der Waals surface area contributed by atoms with Gasteiger partial charge in [-0.25, -0.2) is 13.2 Å². The first-order valence-corrected chi connectivity index (χ1v) is 12.0. The molecule has 0 bridgehead atoms. The van der Waals surface area contributed by atoms with Crippen LogP contribution in [0, 0.1) is 0 Å². The number of fused-ring (bicyclic) bond motifs is 1. The summed E-state index contributed by atoms with van der Waals surface area (Å²) in [4.78, 5) is 17.4. The first kappa shape index (κ1) is 21.4. The molecule has 31 heavy (non-hydrogen) atoms. The van der Waals surface area contributed by atoms with Crippen LogP contribution in [0.15, 0.2) is 47.3 Å². The number of phenols is 1. The van der Waals surface area contributed by atoms with Crippen molar-refractivity contribution in [1.29, 1.82) is 0 Å². The van der Waals surface area contributed by atoms with Crippen molar-refractivity contribution in [3.8, 4) is 5.75 Å². The Labute approximate surface area is 180 Å². The molecule has 0 aliphatic carbocycles. The van der Waals surface area contributed by atoms with Crippen molar-refractivity contribution in [3.63, 3.8) is 0 Å². The third-order valence-corrected chi connectivity index (χ3v) is 6.27. The van der Waals surface area contributed by atoms with Crippen LogP contribution >= 0.6 is 0 Å². The molecule has 2 heterocycles. The van der Waals surface area contributed by atoms with E-state index >= 15 is 0 Å². The predicted molar refractivity (Wildman–Crippen MR) is 119 cm³/mol. The number of nitrogens with zero attached hydrogens (tertiary/aromatic N) is 2. The second kappa shape index (κ2) is 8.37. The van der Waals surface area contributed by atoms with Gasteiger partial charge in [-0.3, -0.25) is 9.29 Å². The number of nitrogens with one attached hydrogen (secondary N) is 2. The molecule has 1 atom stereocenters. The van der Waals surface area contributed by atoms with Crippen LogP contribution in [0.2, 0.25) is 0 Å². The van der Waals surface area contributed by atoms with Crippen LogP contribution in [0.3, 0.4) is 0 Å². The van der Waals surface area contributed by atoms with Crippen LogP contribution in [0.5, 0.6) is 5.75 Å². The van der Waals surface area contributed by atoms with Crippen molar-refractivity contribution in [2.24, 2.45) is 0 Å². The number of likely N-dealkylation sites (tertiary alicyclic amines) is 1. The summed E-state index contributed by atoms with van der Waals surface area (Å²) in [7, 11) is -3.55. The van der Waals surface area contributed by atoms with E-state index in [4.69, 9.17) is 0 Å². The minimum atomic E-state index is -3.55. The predicted octanol–water partition coefficient (Wildman–Crippen LogP) is 1.78. The Bertz CT molecular complexity index is 1240. The second-order valence-corrected chi connectivity index (χ2v) is 9.76. The smallest absolute Gasteiger partial charge is 0.326 e. The number of piperidine rings is 1. The molecule has 0 amide bonds. The first-order chi connectivity index (χ1) is 14.7. The lowest BCUT2D eigenvalue weighted by Gasteiger charge is -2.33. The number of aliphatic hydroxyl groups is 1. The summed E-state index contributed by atoms with van der Waals surface area (Å²) in [6.45, 7) is 1.82. The van der Waals surface area contributed by atoms with Gasteiger partial charge >= 0.3 is 5.69 Å². The molecule has 0 saturated carbocycles. The molecule has 3 aromatic rings. The minimum absolute atomic E-state index is 0.0384.